The van der Waals surface area contributed by atoms with Gasteiger partial charge in [-0.3, -0.25) is 4.99 Å². The van der Waals surface area contributed by atoms with Gasteiger partial charge >= 0.3 is 0 Å². The van der Waals surface area contributed by atoms with Gasteiger partial charge in [0, 0.05) is 5.71 Å². The van der Waals surface area contributed by atoms with E-state index < -0.39 is 0 Å². The Kier molecular flexibility index (Phi) is 4.54. The fraction of sp³-hybridized carbons (Fsp3) is 0.438. The molecule has 90 valence electrons. The van der Waals surface area contributed by atoms with E-state index in [1.54, 1.807) is 0 Å². The topological polar surface area (TPSA) is 12.4 Å². The van der Waals surface area contributed by atoms with Crippen LogP contribution in [0.5, 0.6) is 0 Å². The fourth-order valence-electron chi connectivity index (χ4n) is 2.25. The van der Waals surface area contributed by atoms with Crippen LogP contribution in [0.2, 0.25) is 0 Å². The van der Waals surface area contributed by atoms with E-state index in [1.165, 1.54) is 37.7 Å². The van der Waals surface area contributed by atoms with Crippen molar-refractivity contribution in [2.75, 3.05) is 0 Å². The normalized spacial score (nSPS) is 23.8. The summed E-state index contributed by atoms with van der Waals surface area (Å²) in [6.45, 7) is 2.11. The molecule has 2 rings (SSSR count). The van der Waals surface area contributed by atoms with E-state index in [1.807, 2.05) is 6.07 Å². The molecule has 1 heteroatoms. The molecule has 0 heterocycles. The number of hydrogen-bond donors (Lipinski definition) is 0. The molecule has 1 nitrogen and oxygen atoms in total. The van der Waals surface area contributed by atoms with Gasteiger partial charge in [0.05, 0.1) is 6.04 Å². The van der Waals surface area contributed by atoms with Crippen LogP contribution >= 0.6 is 0 Å². The van der Waals surface area contributed by atoms with E-state index in [0.717, 1.165) is 5.71 Å². The number of nitrogens with zero attached hydrogens (tertiary/aromatic N) is 1. The molecule has 1 unspecified atom stereocenters. The predicted octanol–water partition coefficient (Wildman–Crippen LogP) is 4.38. The van der Waals surface area contributed by atoms with Gasteiger partial charge in [-0.1, -0.05) is 55.3 Å². The van der Waals surface area contributed by atoms with Crippen molar-refractivity contribution in [1.82, 2.24) is 0 Å². The Balaban J connectivity index is 2.09. The molecular formula is C16H21N. The van der Waals surface area contributed by atoms with Crippen molar-refractivity contribution in [2.45, 2.75) is 45.1 Å². The Morgan fingerprint density at radius 1 is 1.12 bits per heavy atom. The van der Waals surface area contributed by atoms with Crippen molar-refractivity contribution in [3.63, 3.8) is 0 Å². The monoisotopic (exact) mass is 227 g/mol. The van der Waals surface area contributed by atoms with Gasteiger partial charge in [0.1, 0.15) is 0 Å². The smallest absolute Gasteiger partial charge is 0.0683 e. The number of aliphatic imine (C=N–C) groups is 1. The number of allylic oxidation sites excluding steroid dienone is 1. The summed E-state index contributed by atoms with van der Waals surface area (Å²) in [5, 5.41) is 0. The summed E-state index contributed by atoms with van der Waals surface area (Å²) in [5.41, 5.74) is 2.39. The highest BCUT2D eigenvalue weighted by molar-refractivity contribution is 5.98. The largest absolute Gasteiger partial charge is 0.282 e. The lowest BCUT2D eigenvalue weighted by atomic mass is 10.0. The van der Waals surface area contributed by atoms with Gasteiger partial charge in [-0.25, -0.2) is 0 Å². The van der Waals surface area contributed by atoms with Crippen LogP contribution in [0.4, 0.5) is 0 Å². The zero-order valence-electron chi connectivity index (χ0n) is 10.6. The molecule has 0 saturated carbocycles. The minimum atomic E-state index is 0.385. The molecule has 0 fully saturated rings. The summed E-state index contributed by atoms with van der Waals surface area (Å²) in [6.07, 6.45) is 11.0. The average molecular weight is 227 g/mol. The van der Waals surface area contributed by atoms with Crippen LogP contribution in [0.3, 0.4) is 0 Å². The van der Waals surface area contributed by atoms with Crippen LogP contribution in [0.15, 0.2) is 47.5 Å². The van der Waals surface area contributed by atoms with Crippen molar-refractivity contribution in [1.29, 1.82) is 0 Å². The summed E-state index contributed by atoms with van der Waals surface area (Å²) in [4.78, 5) is 4.84. The van der Waals surface area contributed by atoms with E-state index in [0.29, 0.717) is 6.04 Å². The molecule has 0 amide bonds. The molecule has 0 spiro atoms. The van der Waals surface area contributed by atoms with Crippen molar-refractivity contribution in [3.8, 4) is 0 Å². The van der Waals surface area contributed by atoms with E-state index in [2.05, 4.69) is 43.3 Å². The zero-order valence-corrected chi connectivity index (χ0v) is 10.6. The van der Waals surface area contributed by atoms with Crippen molar-refractivity contribution in [3.05, 3.63) is 48.0 Å². The lowest BCUT2D eigenvalue weighted by Crippen LogP contribution is -2.06. The lowest BCUT2D eigenvalue weighted by molar-refractivity contribution is 0.595. The summed E-state index contributed by atoms with van der Waals surface area (Å²) in [7, 11) is 0. The second kappa shape index (κ2) is 6.39. The van der Waals surface area contributed by atoms with Crippen LogP contribution in [-0.4, -0.2) is 11.8 Å². The van der Waals surface area contributed by atoms with Crippen LogP contribution in [-0.2, 0) is 0 Å². The Morgan fingerprint density at radius 2 is 1.94 bits per heavy atom. The van der Waals surface area contributed by atoms with E-state index >= 15 is 0 Å². The average Bonchev–Trinajstić information content (AvgIpc) is 2.33. The molecule has 1 aromatic rings. The second-order valence-electron chi connectivity index (χ2n) is 4.71. The second-order valence-corrected chi connectivity index (χ2v) is 4.71. The first kappa shape index (κ1) is 12.1. The third-order valence-electron chi connectivity index (χ3n) is 3.28. The highest BCUT2D eigenvalue weighted by Crippen LogP contribution is 2.15. The molecule has 1 aliphatic rings. The van der Waals surface area contributed by atoms with Gasteiger partial charge < -0.3 is 0 Å². The molecule has 17 heavy (non-hydrogen) atoms. The first-order chi connectivity index (χ1) is 8.36. The van der Waals surface area contributed by atoms with E-state index in [4.69, 9.17) is 4.99 Å². The Morgan fingerprint density at radius 3 is 2.76 bits per heavy atom. The van der Waals surface area contributed by atoms with Crippen LogP contribution in [0.1, 0.15) is 44.6 Å². The zero-order chi connectivity index (χ0) is 11.9. The summed E-state index contributed by atoms with van der Waals surface area (Å²) >= 11 is 0. The van der Waals surface area contributed by atoms with Crippen LogP contribution < -0.4 is 0 Å². The first-order valence-corrected chi connectivity index (χ1v) is 6.63. The van der Waals surface area contributed by atoms with Gasteiger partial charge in [0.25, 0.3) is 0 Å². The number of rotatable bonds is 2. The molecule has 1 aromatic carbocycles. The minimum absolute atomic E-state index is 0.385. The summed E-state index contributed by atoms with van der Waals surface area (Å²) in [6, 6.07) is 10.8. The molecule has 1 aliphatic carbocycles. The predicted molar refractivity (Wildman–Crippen MR) is 74.7 cm³/mol. The maximum Gasteiger partial charge on any atom is 0.0683 e. The molecular weight excluding hydrogens is 206 g/mol. The van der Waals surface area contributed by atoms with Gasteiger partial charge in [-0.2, -0.15) is 0 Å². The Labute approximate surface area is 104 Å². The third-order valence-corrected chi connectivity index (χ3v) is 3.28. The van der Waals surface area contributed by atoms with Gasteiger partial charge in [0.2, 0.25) is 0 Å². The van der Waals surface area contributed by atoms with Gasteiger partial charge in [0.15, 0.2) is 0 Å². The van der Waals surface area contributed by atoms with Gasteiger partial charge in [-0.05, 0) is 31.7 Å². The molecule has 0 radical (unpaired) electrons. The maximum atomic E-state index is 4.84. The molecule has 0 N–H and O–H groups in total. The van der Waals surface area contributed by atoms with Crippen molar-refractivity contribution >= 4 is 5.71 Å². The molecule has 0 aliphatic heterocycles. The third kappa shape index (κ3) is 3.85. The summed E-state index contributed by atoms with van der Waals surface area (Å²) in [5.74, 6) is 0. The highest BCUT2D eigenvalue weighted by atomic mass is 14.8. The van der Waals surface area contributed by atoms with E-state index in [-0.39, 0.29) is 0 Å². The maximum absolute atomic E-state index is 4.84. The Hall–Kier alpha value is -1.37. The molecule has 0 saturated heterocycles. The van der Waals surface area contributed by atoms with Crippen molar-refractivity contribution in [2.24, 2.45) is 4.99 Å². The quantitative estimate of drug-likeness (QED) is 0.525. The minimum Gasteiger partial charge on any atom is -0.282 e. The number of hydrogen-bond acceptors (Lipinski definition) is 1. The Bertz CT molecular complexity index is 389. The number of benzene rings is 1. The highest BCUT2D eigenvalue weighted by Gasteiger charge is 2.06. The molecule has 0 aromatic heterocycles. The SMILES string of the molecule is CC(=NC1/C=C\CCCCC1)c1ccccc1. The standard InChI is InChI=1S/C16H21N/c1-14(15-10-6-5-7-11-15)17-16-12-8-3-2-4-9-13-16/h5-8,10-12,16H,2-4,9,13H2,1H3/b12-8-,17-14?. The lowest BCUT2D eigenvalue weighted by Gasteiger charge is -2.12. The molecule has 1 atom stereocenters. The van der Waals surface area contributed by atoms with Crippen LogP contribution in [0.25, 0.3) is 0 Å². The fourth-order valence-corrected chi connectivity index (χ4v) is 2.25. The van der Waals surface area contributed by atoms with Crippen molar-refractivity contribution < 1.29 is 0 Å². The van der Waals surface area contributed by atoms with E-state index in [9.17, 15) is 0 Å². The molecule has 0 bridgehead atoms. The summed E-state index contributed by atoms with van der Waals surface area (Å²) < 4.78 is 0. The van der Waals surface area contributed by atoms with Crippen LogP contribution in [0, 0.1) is 0 Å². The van der Waals surface area contributed by atoms with Gasteiger partial charge in [-0.15, -0.1) is 0 Å². The first-order valence-electron chi connectivity index (χ1n) is 6.63.